The lowest BCUT2D eigenvalue weighted by atomic mass is 9.76. The van der Waals surface area contributed by atoms with Crippen molar-refractivity contribution in [2.75, 3.05) is 58.1 Å². The lowest BCUT2D eigenvalue weighted by molar-refractivity contribution is -0.433. The predicted molar refractivity (Wildman–Crippen MR) is 256 cm³/mol. The Labute approximate surface area is 402 Å². The Kier molecular flexibility index (Phi) is 15.7. The summed E-state index contributed by atoms with van der Waals surface area (Å²) in [5.74, 6) is -0.948. The van der Waals surface area contributed by atoms with Gasteiger partial charge in [-0.2, -0.15) is 38.2 Å². The molecule has 2 aliphatic heterocycles. The molecule has 23 heteroatoms. The third-order valence-electron chi connectivity index (χ3n) is 12.7. The van der Waals surface area contributed by atoms with Crippen molar-refractivity contribution in [1.29, 1.82) is 0 Å². The fourth-order valence-electron chi connectivity index (χ4n) is 9.56. The molecule has 2 aliphatic rings. The van der Waals surface area contributed by atoms with Crippen molar-refractivity contribution < 1.29 is 80.6 Å². The smallest absolute Gasteiger partial charge is 0.303 e. The number of nitrogens with zero attached hydrogens (tertiary/aromatic N) is 2. The number of hydrogen-bond acceptors (Lipinski definition) is 13. The lowest BCUT2D eigenvalue weighted by Gasteiger charge is -2.31. The molecule has 0 amide bonds. The normalized spacial score (nSPS) is 18.2. The summed E-state index contributed by atoms with van der Waals surface area (Å²) >= 11 is 0. The summed E-state index contributed by atoms with van der Waals surface area (Å²) in [5, 5.41) is 9.63. The zero-order chi connectivity index (χ0) is 51.1. The van der Waals surface area contributed by atoms with Gasteiger partial charge in [-0.3, -0.25) is 23.0 Å². The van der Waals surface area contributed by atoms with Crippen molar-refractivity contribution >= 4 is 85.1 Å². The quantitative estimate of drug-likeness (QED) is 0.0311. The van der Waals surface area contributed by atoms with Gasteiger partial charge in [-0.25, -0.2) is 0 Å². The number of unbranched alkanes of at least 4 members (excludes halogenated alkanes) is 2. The van der Waals surface area contributed by atoms with Crippen LogP contribution in [0.4, 0.5) is 11.4 Å². The third kappa shape index (κ3) is 11.1. The monoisotopic (exact) mass is 1040 g/mol. The van der Waals surface area contributed by atoms with Crippen LogP contribution in [0.5, 0.6) is 0 Å². The van der Waals surface area contributed by atoms with Gasteiger partial charge in [0.15, 0.2) is 5.71 Å². The van der Waals surface area contributed by atoms with Crippen LogP contribution in [-0.4, -0.2) is 126 Å². The van der Waals surface area contributed by atoms with E-state index in [-0.39, 0.29) is 54.2 Å². The average molecular weight is 1040 g/mol. The fraction of sp³-hybridized carbons (Fsp3) is 0.435. The first kappa shape index (κ1) is 53.7. The van der Waals surface area contributed by atoms with Gasteiger partial charge < -0.3 is 24.2 Å². The van der Waals surface area contributed by atoms with Gasteiger partial charge >= 0.3 is 5.97 Å². The maximum atomic E-state index is 12.9. The Balaban J connectivity index is 1.58. The van der Waals surface area contributed by atoms with Crippen LogP contribution in [0.25, 0.3) is 21.5 Å². The molecule has 0 aromatic heterocycles. The van der Waals surface area contributed by atoms with Crippen molar-refractivity contribution in [3.8, 4) is 0 Å². The first-order valence-electron chi connectivity index (χ1n) is 21.9. The Morgan fingerprint density at radius 1 is 0.696 bits per heavy atom. The summed E-state index contributed by atoms with van der Waals surface area (Å²) in [5.41, 5.74) is 2.03. The van der Waals surface area contributed by atoms with Gasteiger partial charge in [-0.15, -0.1) is 0 Å². The number of aliphatic carboxylic acids is 1. The first-order chi connectivity index (χ1) is 32.1. The maximum Gasteiger partial charge on any atom is 0.303 e. The lowest BCUT2D eigenvalue weighted by Crippen LogP contribution is -2.31. The zero-order valence-corrected chi connectivity index (χ0v) is 42.2. The molecule has 1 atom stereocenters. The molecule has 5 N–H and O–H groups in total. The number of hydrogen-bond donors (Lipinski definition) is 5. The Hall–Kier alpha value is -4.66. The average Bonchev–Trinajstić information content (AvgIpc) is 3.61. The summed E-state index contributed by atoms with van der Waals surface area (Å²) in [6.45, 7) is 11.3. The van der Waals surface area contributed by atoms with Gasteiger partial charge in [-0.05, 0) is 118 Å². The van der Waals surface area contributed by atoms with Crippen molar-refractivity contribution in [3.05, 3.63) is 83.1 Å². The number of anilines is 1. The molecular weight excluding hydrogens is 981 g/mol. The van der Waals surface area contributed by atoms with E-state index in [0.29, 0.717) is 97.2 Å². The van der Waals surface area contributed by atoms with Crippen molar-refractivity contribution in [2.45, 2.75) is 97.1 Å². The molecule has 0 aliphatic carbocycles. The van der Waals surface area contributed by atoms with Crippen LogP contribution in [0.1, 0.15) is 77.8 Å². The van der Waals surface area contributed by atoms with E-state index in [0.717, 1.165) is 6.07 Å². The minimum Gasteiger partial charge on any atom is -0.481 e. The summed E-state index contributed by atoms with van der Waals surface area (Å²) in [4.78, 5) is 10.5. The molecular formula is C46H57N2O17S4+. The van der Waals surface area contributed by atoms with E-state index in [2.05, 4.69) is 0 Å². The molecule has 0 bridgehead atoms. The molecule has 4 aromatic carbocycles. The maximum absolute atomic E-state index is 12.9. The van der Waals surface area contributed by atoms with Gasteiger partial charge in [0.2, 0.25) is 5.69 Å². The van der Waals surface area contributed by atoms with E-state index in [9.17, 15) is 61.8 Å². The van der Waals surface area contributed by atoms with Crippen molar-refractivity contribution in [2.24, 2.45) is 0 Å². The van der Waals surface area contributed by atoms with Crippen LogP contribution in [0, 0.1) is 0 Å². The third-order valence-corrected chi connectivity index (χ3v) is 16.1. The highest BCUT2D eigenvalue weighted by atomic mass is 32.2. The van der Waals surface area contributed by atoms with Crippen molar-refractivity contribution in [3.63, 3.8) is 0 Å². The molecule has 376 valence electrons. The molecule has 19 nitrogen and oxygen atoms in total. The number of ether oxygens (including phenoxy) is 3. The van der Waals surface area contributed by atoms with Crippen LogP contribution in [0.3, 0.4) is 0 Å². The van der Waals surface area contributed by atoms with Gasteiger partial charge in [0.1, 0.15) is 16.3 Å². The zero-order valence-electron chi connectivity index (χ0n) is 38.9. The molecule has 69 heavy (non-hydrogen) atoms. The van der Waals surface area contributed by atoms with E-state index >= 15 is 0 Å². The molecule has 2 heterocycles. The van der Waals surface area contributed by atoms with Crippen LogP contribution in [0.2, 0.25) is 0 Å². The minimum atomic E-state index is -5.06. The summed E-state index contributed by atoms with van der Waals surface area (Å²) in [7, 11) is -18.5. The number of allylic oxidation sites excluding steroid dienone is 4. The van der Waals surface area contributed by atoms with E-state index in [1.807, 2.05) is 56.2 Å². The highest BCUT2D eigenvalue weighted by molar-refractivity contribution is 7.87. The van der Waals surface area contributed by atoms with Gasteiger partial charge in [0.05, 0.1) is 41.6 Å². The summed E-state index contributed by atoms with van der Waals surface area (Å²) < 4.78 is 161. The molecule has 0 spiro atoms. The van der Waals surface area contributed by atoms with E-state index < -0.39 is 76.9 Å². The summed E-state index contributed by atoms with van der Waals surface area (Å²) in [6, 6.07) is 9.96. The molecule has 0 saturated heterocycles. The fourth-order valence-corrected chi connectivity index (χ4v) is 12.2. The predicted octanol–water partition coefficient (Wildman–Crippen LogP) is 6.70. The summed E-state index contributed by atoms with van der Waals surface area (Å²) in [6.07, 6.45) is 5.37. The van der Waals surface area contributed by atoms with Crippen LogP contribution >= 0.6 is 0 Å². The molecule has 0 fully saturated rings. The number of rotatable bonds is 22. The Morgan fingerprint density at radius 3 is 1.75 bits per heavy atom. The number of benzene rings is 4. The van der Waals surface area contributed by atoms with Crippen LogP contribution in [-0.2, 0) is 70.3 Å². The molecule has 0 saturated carbocycles. The largest absolute Gasteiger partial charge is 0.481 e. The second kappa shape index (κ2) is 20.2. The first-order valence-corrected chi connectivity index (χ1v) is 27.6. The SMILES string of the molecule is CC[N+]1=C(/C=C(C)/C=C2/N(CCCCCC(=O)O)c3ccc4c(S(=O)(=O)O)cc(S(=O)(=O)O)cc4c3C2(C)CCOCCOCCOC)C(C)(C)c2c1ccc1c(S(=O)(=O)O)cc(S(=O)(=O)O)cc21. The van der Waals surface area contributed by atoms with Crippen LogP contribution in [0.15, 0.2) is 91.5 Å². The number of carbonyl (C=O) groups is 1. The molecule has 1 unspecified atom stereocenters. The van der Waals surface area contributed by atoms with E-state index in [1.54, 1.807) is 19.2 Å². The molecule has 0 radical (unpaired) electrons. The highest BCUT2D eigenvalue weighted by Gasteiger charge is 2.48. The number of carboxylic acid groups (broad SMARTS) is 1. The Morgan fingerprint density at radius 2 is 1.23 bits per heavy atom. The number of methoxy groups -OCH3 is 1. The molecule has 6 rings (SSSR count). The molecule has 4 aromatic rings. The number of carboxylic acids is 1. The highest BCUT2D eigenvalue weighted by Crippen LogP contribution is 2.54. The van der Waals surface area contributed by atoms with Crippen LogP contribution < -0.4 is 4.90 Å². The van der Waals surface area contributed by atoms with Gasteiger partial charge in [0, 0.05) is 72.0 Å². The topological polar surface area (TPSA) is 289 Å². The second-order valence-corrected chi connectivity index (χ2v) is 23.3. The van der Waals surface area contributed by atoms with Crippen molar-refractivity contribution in [1.82, 2.24) is 0 Å². The number of fused-ring (bicyclic) bond motifs is 6. The van der Waals surface area contributed by atoms with E-state index in [4.69, 9.17) is 14.2 Å². The second-order valence-electron chi connectivity index (χ2n) is 17.7. The van der Waals surface area contributed by atoms with Gasteiger partial charge in [0.25, 0.3) is 40.5 Å². The van der Waals surface area contributed by atoms with Gasteiger partial charge in [-0.1, -0.05) is 12.5 Å². The van der Waals surface area contributed by atoms with E-state index in [1.165, 1.54) is 18.2 Å². The standard InChI is InChI=1S/C46H56N2O17S4/c1-7-47-36-14-12-32-34(25-30(66(51,52)53)27-38(32)68(57,58)59)43(36)45(3,4)40(47)23-29(2)24-41-46(5,16-18-64-21-22-65-20-19-63-6)44-35-26-31(67(54,55)56)28-39(69(60,61)62)33(35)13-15-37(44)48(41)17-10-8-9-11-42(49)50/h12-15,23-28H,7-11,16-22H2,1-6H3,(H4-,49,50,51,52,53,54,55,56,57,58,59,60,61,62)/p+1. The minimum absolute atomic E-state index is 0.0154. The Bertz CT molecular complexity index is 3270.